The van der Waals surface area contributed by atoms with Gasteiger partial charge in [0, 0.05) is 5.56 Å². The van der Waals surface area contributed by atoms with E-state index in [1.807, 2.05) is 6.92 Å². The second kappa shape index (κ2) is 10.8. The van der Waals surface area contributed by atoms with Gasteiger partial charge in [-0.2, -0.15) is 0 Å². The quantitative estimate of drug-likeness (QED) is 0.507. The van der Waals surface area contributed by atoms with E-state index in [2.05, 4.69) is 45.0 Å². The van der Waals surface area contributed by atoms with E-state index < -0.39 is 0 Å². The minimum absolute atomic E-state index is 0.372. The van der Waals surface area contributed by atoms with Gasteiger partial charge in [0.05, 0.1) is 25.7 Å². The molecule has 1 aromatic carbocycles. The predicted molar refractivity (Wildman–Crippen MR) is 100 cm³/mol. The number of nitrogens with zero attached hydrogens (tertiary/aromatic N) is 1. The van der Waals surface area contributed by atoms with E-state index in [-0.39, 0.29) is 6.10 Å². The first-order valence-electron chi connectivity index (χ1n) is 9.69. The fraction of sp³-hybridized carbons (Fsp3) is 0.714. The van der Waals surface area contributed by atoms with Gasteiger partial charge in [0.1, 0.15) is 6.54 Å². The Morgan fingerprint density at radius 3 is 1.61 bits per heavy atom. The van der Waals surface area contributed by atoms with Crippen LogP contribution < -0.4 is 0 Å². The van der Waals surface area contributed by atoms with Crippen molar-refractivity contribution in [3.8, 4) is 0 Å². The van der Waals surface area contributed by atoms with Crippen molar-refractivity contribution in [1.82, 2.24) is 0 Å². The highest BCUT2D eigenvalue weighted by molar-refractivity contribution is 5.23. The van der Waals surface area contributed by atoms with Crippen molar-refractivity contribution < 1.29 is 9.59 Å². The molecule has 0 saturated heterocycles. The van der Waals surface area contributed by atoms with Crippen molar-refractivity contribution in [3.63, 3.8) is 0 Å². The molecule has 0 aliphatic carbocycles. The molecule has 0 bridgehead atoms. The van der Waals surface area contributed by atoms with Crippen molar-refractivity contribution in [2.24, 2.45) is 0 Å². The molecular weight excluding hydrogens is 282 g/mol. The Balaban J connectivity index is 2.90. The third-order valence-corrected chi connectivity index (χ3v) is 4.94. The van der Waals surface area contributed by atoms with Crippen LogP contribution >= 0.6 is 0 Å². The molecule has 0 amide bonds. The summed E-state index contributed by atoms with van der Waals surface area (Å²) in [6.07, 6.45) is 7.42. The maximum Gasteiger partial charge on any atom is 0.104 e. The Labute approximate surface area is 144 Å². The standard InChI is InChI=1S/C21H38NO/c1-5-8-15-22(16-9-6-2,17-10-7-3)18-20-11-13-21(14-12-20)19(4)23/h11-14,19,23H,5-10,15-18H2,1-4H3/q+1. The van der Waals surface area contributed by atoms with E-state index in [0.717, 1.165) is 12.1 Å². The minimum atomic E-state index is -0.372. The van der Waals surface area contributed by atoms with Gasteiger partial charge >= 0.3 is 0 Å². The van der Waals surface area contributed by atoms with Crippen molar-refractivity contribution >= 4 is 0 Å². The topological polar surface area (TPSA) is 20.2 Å². The number of aliphatic hydroxyl groups is 1. The largest absolute Gasteiger partial charge is 0.389 e. The average Bonchev–Trinajstić information content (AvgIpc) is 2.56. The molecule has 1 aromatic rings. The fourth-order valence-corrected chi connectivity index (χ4v) is 3.34. The predicted octanol–water partition coefficient (Wildman–Crippen LogP) is 5.46. The molecule has 0 saturated carbocycles. The molecule has 1 atom stereocenters. The lowest BCUT2D eigenvalue weighted by molar-refractivity contribution is -0.941. The zero-order valence-corrected chi connectivity index (χ0v) is 15.9. The van der Waals surface area contributed by atoms with E-state index in [4.69, 9.17) is 0 Å². The van der Waals surface area contributed by atoms with Gasteiger partial charge in [0.2, 0.25) is 0 Å². The summed E-state index contributed by atoms with van der Waals surface area (Å²) in [5.74, 6) is 0. The first kappa shape index (κ1) is 20.2. The summed E-state index contributed by atoms with van der Waals surface area (Å²) >= 11 is 0. The van der Waals surface area contributed by atoms with Gasteiger partial charge in [-0.3, -0.25) is 0 Å². The second-order valence-corrected chi connectivity index (χ2v) is 7.15. The molecule has 0 fully saturated rings. The number of rotatable bonds is 12. The molecule has 0 aromatic heterocycles. The third kappa shape index (κ3) is 7.05. The molecule has 0 spiro atoms. The van der Waals surface area contributed by atoms with Crippen molar-refractivity contribution in [2.45, 2.75) is 78.9 Å². The van der Waals surface area contributed by atoms with Crippen LogP contribution in [0.1, 0.15) is 83.5 Å². The number of benzene rings is 1. The van der Waals surface area contributed by atoms with E-state index in [0.29, 0.717) is 0 Å². The van der Waals surface area contributed by atoms with Gasteiger partial charge in [0.25, 0.3) is 0 Å². The molecule has 0 radical (unpaired) electrons. The monoisotopic (exact) mass is 320 g/mol. The normalized spacial score (nSPS) is 13.3. The first-order chi connectivity index (χ1) is 11.1. The van der Waals surface area contributed by atoms with Crippen LogP contribution in [0, 0.1) is 0 Å². The Bertz CT molecular complexity index is 389. The zero-order chi connectivity index (χ0) is 17.1. The average molecular weight is 321 g/mol. The number of hydrogen-bond donors (Lipinski definition) is 1. The van der Waals surface area contributed by atoms with E-state index in [9.17, 15) is 5.11 Å². The van der Waals surface area contributed by atoms with Crippen LogP contribution in [0.4, 0.5) is 0 Å². The molecule has 1 unspecified atom stereocenters. The maximum absolute atomic E-state index is 9.69. The lowest BCUT2D eigenvalue weighted by atomic mass is 10.1. The van der Waals surface area contributed by atoms with Crippen LogP contribution in [0.3, 0.4) is 0 Å². The van der Waals surface area contributed by atoms with Gasteiger partial charge < -0.3 is 9.59 Å². The Morgan fingerprint density at radius 1 is 0.826 bits per heavy atom. The van der Waals surface area contributed by atoms with Crippen LogP contribution in [-0.2, 0) is 6.54 Å². The van der Waals surface area contributed by atoms with E-state index in [1.54, 1.807) is 0 Å². The molecule has 0 aliphatic rings. The lowest BCUT2D eigenvalue weighted by Gasteiger charge is -2.39. The number of aliphatic hydroxyl groups excluding tert-OH is 1. The molecule has 132 valence electrons. The molecule has 0 heterocycles. The second-order valence-electron chi connectivity index (χ2n) is 7.15. The van der Waals surface area contributed by atoms with E-state index in [1.165, 1.54) is 68.2 Å². The molecule has 1 N–H and O–H groups in total. The van der Waals surface area contributed by atoms with Crippen LogP contribution in [0.15, 0.2) is 24.3 Å². The zero-order valence-electron chi connectivity index (χ0n) is 15.9. The van der Waals surface area contributed by atoms with Gasteiger partial charge in [-0.25, -0.2) is 0 Å². The van der Waals surface area contributed by atoms with Crippen LogP contribution in [0.5, 0.6) is 0 Å². The summed E-state index contributed by atoms with van der Waals surface area (Å²) < 4.78 is 1.24. The first-order valence-corrected chi connectivity index (χ1v) is 9.69. The highest BCUT2D eigenvalue weighted by atomic mass is 16.3. The highest BCUT2D eigenvalue weighted by Crippen LogP contribution is 2.21. The highest BCUT2D eigenvalue weighted by Gasteiger charge is 2.26. The Kier molecular flexibility index (Phi) is 9.50. The van der Waals surface area contributed by atoms with Crippen LogP contribution in [0.2, 0.25) is 0 Å². The van der Waals surface area contributed by atoms with Crippen molar-refractivity contribution in [3.05, 3.63) is 35.4 Å². The Morgan fingerprint density at radius 2 is 1.26 bits per heavy atom. The SMILES string of the molecule is CCCC[N+](CCCC)(CCCC)Cc1ccc(C(C)O)cc1. The fourth-order valence-electron chi connectivity index (χ4n) is 3.34. The van der Waals surface area contributed by atoms with Crippen molar-refractivity contribution in [1.29, 1.82) is 0 Å². The number of unbranched alkanes of at least 4 members (excludes halogenated alkanes) is 3. The van der Waals surface area contributed by atoms with Gasteiger partial charge in [-0.15, -0.1) is 0 Å². The lowest BCUT2D eigenvalue weighted by Crippen LogP contribution is -2.49. The molecule has 2 heteroatoms. The van der Waals surface area contributed by atoms with Gasteiger partial charge in [-0.05, 0) is 31.7 Å². The number of quaternary nitrogens is 1. The Hall–Kier alpha value is -0.860. The number of hydrogen-bond acceptors (Lipinski definition) is 1. The molecule has 2 nitrogen and oxygen atoms in total. The van der Waals surface area contributed by atoms with Gasteiger partial charge in [-0.1, -0.05) is 64.3 Å². The molecule has 1 rings (SSSR count). The summed E-state index contributed by atoms with van der Waals surface area (Å²) in [7, 11) is 0. The molecule has 0 aliphatic heterocycles. The van der Waals surface area contributed by atoms with Crippen LogP contribution in [-0.4, -0.2) is 29.2 Å². The summed E-state index contributed by atoms with van der Waals surface area (Å²) in [6, 6.07) is 8.63. The maximum atomic E-state index is 9.69. The third-order valence-electron chi connectivity index (χ3n) is 4.94. The van der Waals surface area contributed by atoms with E-state index >= 15 is 0 Å². The smallest absolute Gasteiger partial charge is 0.104 e. The van der Waals surface area contributed by atoms with Crippen LogP contribution in [0.25, 0.3) is 0 Å². The molecular formula is C21H38NO+. The minimum Gasteiger partial charge on any atom is -0.389 e. The van der Waals surface area contributed by atoms with Gasteiger partial charge in [0.15, 0.2) is 0 Å². The molecule has 23 heavy (non-hydrogen) atoms. The summed E-state index contributed by atoms with van der Waals surface area (Å²) in [6.45, 7) is 13.8. The van der Waals surface area contributed by atoms with Crippen molar-refractivity contribution in [2.75, 3.05) is 19.6 Å². The summed E-state index contributed by atoms with van der Waals surface area (Å²) in [4.78, 5) is 0. The summed E-state index contributed by atoms with van der Waals surface area (Å²) in [5.41, 5.74) is 2.43. The summed E-state index contributed by atoms with van der Waals surface area (Å²) in [5, 5.41) is 9.69.